The third kappa shape index (κ3) is 2.77. The molecule has 1 aliphatic rings. The third-order valence-corrected chi connectivity index (χ3v) is 4.83. The normalized spacial score (nSPS) is 13.1. The summed E-state index contributed by atoms with van der Waals surface area (Å²) in [5, 5.41) is 1.51. The van der Waals surface area contributed by atoms with E-state index < -0.39 is 11.8 Å². The van der Waals surface area contributed by atoms with Crippen molar-refractivity contribution in [1.82, 2.24) is 4.90 Å². The molecule has 5 heteroatoms. The topological polar surface area (TPSA) is 57.7 Å². The summed E-state index contributed by atoms with van der Waals surface area (Å²) in [6, 6.07) is 20.0. The van der Waals surface area contributed by atoms with E-state index in [0.29, 0.717) is 23.1 Å². The number of anilines is 1. The number of imide groups is 1. The van der Waals surface area contributed by atoms with Crippen molar-refractivity contribution in [1.29, 1.82) is 0 Å². The summed E-state index contributed by atoms with van der Waals surface area (Å²) >= 11 is 0. The van der Waals surface area contributed by atoms with Crippen molar-refractivity contribution in [2.75, 3.05) is 18.0 Å². The zero-order valence-corrected chi connectivity index (χ0v) is 14.9. The molecule has 0 fully saturated rings. The van der Waals surface area contributed by atoms with Crippen molar-refractivity contribution in [2.45, 2.75) is 6.92 Å². The second kappa shape index (κ2) is 6.68. The van der Waals surface area contributed by atoms with Crippen molar-refractivity contribution in [2.24, 2.45) is 0 Å². The van der Waals surface area contributed by atoms with Crippen LogP contribution in [0.3, 0.4) is 0 Å². The highest BCUT2D eigenvalue weighted by Crippen LogP contribution is 2.30. The van der Waals surface area contributed by atoms with Crippen molar-refractivity contribution in [3.63, 3.8) is 0 Å². The monoisotopic (exact) mass is 358 g/mol. The Labute approximate surface area is 156 Å². The molecular formula is C22H18N2O3. The van der Waals surface area contributed by atoms with E-state index in [2.05, 4.69) is 0 Å². The molecule has 5 nitrogen and oxygen atoms in total. The summed E-state index contributed by atoms with van der Waals surface area (Å²) in [6.45, 7) is 2.02. The zero-order chi connectivity index (χ0) is 19.0. The summed E-state index contributed by atoms with van der Waals surface area (Å²) in [7, 11) is 0. The first-order chi connectivity index (χ1) is 13.1. The second-order valence-electron chi connectivity index (χ2n) is 6.38. The average molecular weight is 358 g/mol. The van der Waals surface area contributed by atoms with E-state index in [-0.39, 0.29) is 12.5 Å². The predicted octanol–water partition coefficient (Wildman–Crippen LogP) is 3.49. The standard InChI is InChI=1S/C22H18N2O3/c1-2-23(16-10-4-3-5-11-16)19(25)14-24-21(26)17-12-6-8-15-9-7-13-18(20(15)17)22(24)27/h3-13H,2,14H2,1H3. The molecule has 4 rings (SSSR count). The highest BCUT2D eigenvalue weighted by Gasteiger charge is 2.34. The molecule has 0 bridgehead atoms. The lowest BCUT2D eigenvalue weighted by atomic mass is 9.94. The molecule has 1 heterocycles. The molecule has 0 unspecified atom stereocenters. The molecule has 27 heavy (non-hydrogen) atoms. The fourth-order valence-corrected chi connectivity index (χ4v) is 3.56. The predicted molar refractivity (Wildman–Crippen MR) is 104 cm³/mol. The van der Waals surface area contributed by atoms with E-state index in [0.717, 1.165) is 16.0 Å². The van der Waals surface area contributed by atoms with Crippen LogP contribution in [0, 0.1) is 0 Å². The Kier molecular flexibility index (Phi) is 4.20. The van der Waals surface area contributed by atoms with Crippen molar-refractivity contribution < 1.29 is 14.4 Å². The van der Waals surface area contributed by atoms with E-state index in [1.165, 1.54) is 0 Å². The SMILES string of the molecule is CCN(C(=O)CN1C(=O)c2cccc3cccc(c23)C1=O)c1ccccc1. The van der Waals surface area contributed by atoms with Crippen LogP contribution in [0.15, 0.2) is 66.7 Å². The van der Waals surface area contributed by atoms with Gasteiger partial charge in [-0.3, -0.25) is 19.3 Å². The fraction of sp³-hybridized carbons (Fsp3) is 0.136. The Bertz CT molecular complexity index is 1010. The number of likely N-dealkylation sites (N-methyl/N-ethyl adjacent to an activating group) is 1. The van der Waals surface area contributed by atoms with E-state index in [4.69, 9.17) is 0 Å². The summed E-state index contributed by atoms with van der Waals surface area (Å²) in [6.07, 6.45) is 0. The van der Waals surface area contributed by atoms with Crippen LogP contribution < -0.4 is 4.90 Å². The van der Waals surface area contributed by atoms with Gasteiger partial charge in [0.25, 0.3) is 11.8 Å². The van der Waals surface area contributed by atoms with E-state index >= 15 is 0 Å². The van der Waals surface area contributed by atoms with Gasteiger partial charge in [0.1, 0.15) is 6.54 Å². The van der Waals surface area contributed by atoms with Gasteiger partial charge in [-0.25, -0.2) is 0 Å². The van der Waals surface area contributed by atoms with E-state index in [1.54, 1.807) is 29.2 Å². The number of carbonyl (C=O) groups excluding carboxylic acids is 3. The Hall–Kier alpha value is -3.47. The maximum Gasteiger partial charge on any atom is 0.261 e. The molecule has 0 saturated carbocycles. The smallest absolute Gasteiger partial charge is 0.261 e. The molecule has 0 N–H and O–H groups in total. The van der Waals surface area contributed by atoms with Gasteiger partial charge in [-0.1, -0.05) is 42.5 Å². The Morgan fingerprint density at radius 1 is 0.852 bits per heavy atom. The quantitative estimate of drug-likeness (QED) is 0.671. The van der Waals surface area contributed by atoms with Gasteiger partial charge in [-0.15, -0.1) is 0 Å². The number of para-hydroxylation sites is 1. The number of hydrogen-bond donors (Lipinski definition) is 0. The van der Waals surface area contributed by atoms with Crippen LogP contribution in [0.5, 0.6) is 0 Å². The first-order valence-electron chi connectivity index (χ1n) is 8.85. The van der Waals surface area contributed by atoms with Crippen LogP contribution in [0.1, 0.15) is 27.6 Å². The van der Waals surface area contributed by atoms with Crippen LogP contribution in [0.4, 0.5) is 5.69 Å². The second-order valence-corrected chi connectivity index (χ2v) is 6.38. The highest BCUT2D eigenvalue weighted by atomic mass is 16.2. The average Bonchev–Trinajstić information content (AvgIpc) is 2.70. The minimum atomic E-state index is -0.429. The number of amides is 3. The molecule has 0 radical (unpaired) electrons. The molecule has 0 spiro atoms. The Morgan fingerprint density at radius 3 is 2.00 bits per heavy atom. The molecule has 3 amide bonds. The molecule has 1 aliphatic heterocycles. The summed E-state index contributed by atoms with van der Waals surface area (Å²) in [5.74, 6) is -1.15. The molecule has 3 aromatic carbocycles. The highest BCUT2D eigenvalue weighted by molar-refractivity contribution is 6.26. The third-order valence-electron chi connectivity index (χ3n) is 4.83. The van der Waals surface area contributed by atoms with Gasteiger partial charge in [-0.05, 0) is 36.6 Å². The van der Waals surface area contributed by atoms with Gasteiger partial charge < -0.3 is 4.90 Å². The molecule has 0 aliphatic carbocycles. The van der Waals surface area contributed by atoms with E-state index in [1.807, 2.05) is 49.4 Å². The zero-order valence-electron chi connectivity index (χ0n) is 14.9. The minimum absolute atomic E-state index is 0.287. The minimum Gasteiger partial charge on any atom is -0.311 e. The molecule has 0 aromatic heterocycles. The Balaban J connectivity index is 1.68. The summed E-state index contributed by atoms with van der Waals surface area (Å²) in [5.41, 5.74) is 1.65. The van der Waals surface area contributed by atoms with Gasteiger partial charge in [0.2, 0.25) is 5.91 Å². The Morgan fingerprint density at radius 2 is 1.44 bits per heavy atom. The van der Waals surface area contributed by atoms with Gasteiger partial charge in [0.15, 0.2) is 0 Å². The number of nitrogens with zero attached hydrogens (tertiary/aromatic N) is 2. The summed E-state index contributed by atoms with van der Waals surface area (Å²) < 4.78 is 0. The van der Waals surface area contributed by atoms with Crippen molar-refractivity contribution >= 4 is 34.2 Å². The van der Waals surface area contributed by atoms with Crippen LogP contribution in [0.25, 0.3) is 10.8 Å². The van der Waals surface area contributed by atoms with Crippen molar-refractivity contribution in [3.05, 3.63) is 77.9 Å². The number of benzene rings is 3. The molecular weight excluding hydrogens is 340 g/mol. The van der Waals surface area contributed by atoms with Crippen molar-refractivity contribution in [3.8, 4) is 0 Å². The largest absolute Gasteiger partial charge is 0.311 e. The number of rotatable bonds is 4. The van der Waals surface area contributed by atoms with Gasteiger partial charge in [-0.2, -0.15) is 0 Å². The maximum absolute atomic E-state index is 12.9. The molecule has 3 aromatic rings. The lowest BCUT2D eigenvalue weighted by Crippen LogP contribution is -2.47. The van der Waals surface area contributed by atoms with Crippen LogP contribution in [-0.4, -0.2) is 35.7 Å². The first-order valence-corrected chi connectivity index (χ1v) is 8.85. The molecule has 0 atom stereocenters. The van der Waals surface area contributed by atoms with Crippen LogP contribution in [0.2, 0.25) is 0 Å². The number of hydrogen-bond acceptors (Lipinski definition) is 3. The fourth-order valence-electron chi connectivity index (χ4n) is 3.56. The first kappa shape index (κ1) is 17.0. The van der Waals surface area contributed by atoms with Gasteiger partial charge in [0.05, 0.1) is 0 Å². The molecule has 134 valence electrons. The number of carbonyl (C=O) groups is 3. The van der Waals surface area contributed by atoms with Gasteiger partial charge >= 0.3 is 0 Å². The maximum atomic E-state index is 12.9. The summed E-state index contributed by atoms with van der Waals surface area (Å²) in [4.78, 5) is 41.3. The lowest BCUT2D eigenvalue weighted by molar-refractivity contribution is -0.118. The van der Waals surface area contributed by atoms with Gasteiger partial charge in [0, 0.05) is 28.7 Å². The van der Waals surface area contributed by atoms with E-state index in [9.17, 15) is 14.4 Å². The lowest BCUT2D eigenvalue weighted by Gasteiger charge is -2.29. The van der Waals surface area contributed by atoms with Crippen LogP contribution in [-0.2, 0) is 4.79 Å². The van der Waals surface area contributed by atoms with Crippen LogP contribution >= 0.6 is 0 Å². The molecule has 0 saturated heterocycles.